The average molecular weight is 412 g/mol. The van der Waals surface area contributed by atoms with Gasteiger partial charge in [0.1, 0.15) is 6.10 Å². The van der Waals surface area contributed by atoms with Crippen LogP contribution in [0, 0.1) is 4.77 Å². The van der Waals surface area contributed by atoms with E-state index in [2.05, 4.69) is 11.7 Å². The first-order valence-electron chi connectivity index (χ1n) is 8.05. The predicted molar refractivity (Wildman–Crippen MR) is 100.0 cm³/mol. The van der Waals surface area contributed by atoms with Crippen molar-refractivity contribution in [2.45, 2.75) is 31.4 Å². The lowest BCUT2D eigenvalue weighted by Crippen LogP contribution is -2.37. The SMILES string of the molecule is C=CCn1c(-c2ccc(Cl)cc2Cl)nn(C2CC(=O)C3OCC2O3)c1=S. The van der Waals surface area contributed by atoms with Crippen molar-refractivity contribution in [1.82, 2.24) is 14.3 Å². The van der Waals surface area contributed by atoms with E-state index in [-0.39, 0.29) is 24.3 Å². The Balaban J connectivity index is 1.83. The number of benzene rings is 1. The molecule has 6 nitrogen and oxygen atoms in total. The van der Waals surface area contributed by atoms with E-state index in [1.165, 1.54) is 0 Å². The highest BCUT2D eigenvalue weighted by atomic mass is 35.5. The van der Waals surface area contributed by atoms with Gasteiger partial charge in [-0.3, -0.25) is 9.36 Å². The molecular weight excluding hydrogens is 397 g/mol. The second kappa shape index (κ2) is 6.90. The van der Waals surface area contributed by atoms with Gasteiger partial charge in [0.05, 0.1) is 17.7 Å². The largest absolute Gasteiger partial charge is 0.343 e. The normalized spacial score (nSPS) is 24.8. The molecule has 0 radical (unpaired) electrons. The van der Waals surface area contributed by atoms with Gasteiger partial charge < -0.3 is 9.47 Å². The fourth-order valence-corrected chi connectivity index (χ4v) is 4.09. The van der Waals surface area contributed by atoms with E-state index in [0.717, 1.165) is 0 Å². The quantitative estimate of drug-likeness (QED) is 0.565. The molecule has 2 fully saturated rings. The summed E-state index contributed by atoms with van der Waals surface area (Å²) in [5.41, 5.74) is 0.700. The van der Waals surface area contributed by atoms with Gasteiger partial charge in [0, 0.05) is 23.6 Å². The van der Waals surface area contributed by atoms with Gasteiger partial charge in [-0.05, 0) is 30.4 Å². The molecule has 0 aliphatic carbocycles. The van der Waals surface area contributed by atoms with Gasteiger partial charge in [-0.25, -0.2) is 4.68 Å². The minimum Gasteiger partial charge on any atom is -0.343 e. The summed E-state index contributed by atoms with van der Waals surface area (Å²) >= 11 is 18.0. The van der Waals surface area contributed by atoms with Crippen molar-refractivity contribution < 1.29 is 14.3 Å². The molecule has 0 amide bonds. The van der Waals surface area contributed by atoms with Gasteiger partial charge in [-0.2, -0.15) is 5.10 Å². The maximum absolute atomic E-state index is 12.1. The van der Waals surface area contributed by atoms with Gasteiger partial charge in [0.15, 0.2) is 16.4 Å². The number of Topliss-reactive ketones (excluding diaryl/α,β-unsaturated/α-hetero) is 1. The summed E-state index contributed by atoms with van der Waals surface area (Å²) in [7, 11) is 0. The van der Waals surface area contributed by atoms with Crippen molar-refractivity contribution >= 4 is 41.2 Å². The first kappa shape index (κ1) is 17.9. The second-order valence-electron chi connectivity index (χ2n) is 6.15. The summed E-state index contributed by atoms with van der Waals surface area (Å²) in [6.45, 7) is 4.58. The molecule has 3 heterocycles. The zero-order valence-corrected chi connectivity index (χ0v) is 15.9. The smallest absolute Gasteiger partial charge is 0.218 e. The van der Waals surface area contributed by atoms with Crippen LogP contribution >= 0.6 is 35.4 Å². The highest BCUT2D eigenvalue weighted by Crippen LogP contribution is 2.35. The van der Waals surface area contributed by atoms with E-state index < -0.39 is 6.29 Å². The summed E-state index contributed by atoms with van der Waals surface area (Å²) in [4.78, 5) is 12.1. The Morgan fingerprint density at radius 1 is 1.42 bits per heavy atom. The summed E-state index contributed by atoms with van der Waals surface area (Å²) < 4.78 is 15.0. The number of allylic oxidation sites excluding steroid dienone is 1. The van der Waals surface area contributed by atoms with E-state index >= 15 is 0 Å². The van der Waals surface area contributed by atoms with E-state index in [4.69, 9.17) is 44.9 Å². The lowest BCUT2D eigenvalue weighted by molar-refractivity contribution is -0.156. The van der Waals surface area contributed by atoms with Gasteiger partial charge in [0.25, 0.3) is 0 Å². The first-order valence-corrected chi connectivity index (χ1v) is 9.21. The summed E-state index contributed by atoms with van der Waals surface area (Å²) in [6, 6.07) is 4.88. The lowest BCUT2D eigenvalue weighted by atomic mass is 10.0. The van der Waals surface area contributed by atoms with Crippen LogP contribution in [-0.2, 0) is 20.8 Å². The molecule has 1 aromatic carbocycles. The zero-order chi connectivity index (χ0) is 18.4. The van der Waals surface area contributed by atoms with Crippen molar-refractivity contribution in [3.05, 3.63) is 45.7 Å². The number of fused-ring (bicyclic) bond motifs is 2. The first-order chi connectivity index (χ1) is 12.5. The van der Waals surface area contributed by atoms with Crippen molar-refractivity contribution in [2.75, 3.05) is 6.61 Å². The van der Waals surface area contributed by atoms with Crippen molar-refractivity contribution in [1.29, 1.82) is 0 Å². The topological polar surface area (TPSA) is 58.3 Å². The molecule has 2 aromatic rings. The molecule has 2 aliphatic rings. The lowest BCUT2D eigenvalue weighted by Gasteiger charge is -2.26. The molecule has 136 valence electrons. The molecule has 0 spiro atoms. The predicted octanol–water partition coefficient (Wildman–Crippen LogP) is 3.83. The van der Waals surface area contributed by atoms with Crippen molar-refractivity contribution in [2.24, 2.45) is 0 Å². The van der Waals surface area contributed by atoms with Crippen molar-refractivity contribution in [3.8, 4) is 11.4 Å². The number of carbonyl (C=O) groups is 1. The maximum atomic E-state index is 12.1. The number of aromatic nitrogens is 3. The Hall–Kier alpha value is -1.51. The molecule has 1 aromatic heterocycles. The standard InChI is InChI=1S/C17H15Cl2N3O3S/c1-2-5-21-15(10-4-3-9(18)6-11(10)19)20-22(17(21)26)12-7-13(23)16-24-8-14(12)25-16/h2-4,6,12,14,16H,1,5,7-8H2. The molecule has 2 aliphatic heterocycles. The maximum Gasteiger partial charge on any atom is 0.218 e. The Morgan fingerprint density at radius 2 is 2.23 bits per heavy atom. The molecule has 0 N–H and O–H groups in total. The molecule has 2 bridgehead atoms. The number of halogens is 2. The average Bonchev–Trinajstić information content (AvgIpc) is 3.16. The Bertz CT molecular complexity index is 955. The number of ether oxygens (including phenoxy) is 2. The Kier molecular flexibility index (Phi) is 4.75. The van der Waals surface area contributed by atoms with Crippen LogP contribution in [0.2, 0.25) is 10.0 Å². The molecule has 9 heteroatoms. The molecule has 0 saturated carbocycles. The van der Waals surface area contributed by atoms with Crippen LogP contribution in [0.5, 0.6) is 0 Å². The second-order valence-corrected chi connectivity index (χ2v) is 7.36. The number of ketones is 1. The van der Waals surface area contributed by atoms with Gasteiger partial charge >= 0.3 is 0 Å². The minimum absolute atomic E-state index is 0.102. The van der Waals surface area contributed by atoms with E-state index in [9.17, 15) is 4.79 Å². The fraction of sp³-hybridized carbons (Fsp3) is 0.353. The summed E-state index contributed by atoms with van der Waals surface area (Å²) in [5.74, 6) is 0.486. The van der Waals surface area contributed by atoms with Gasteiger partial charge in [-0.15, -0.1) is 6.58 Å². The number of carbonyl (C=O) groups excluding carboxylic acids is 1. The zero-order valence-electron chi connectivity index (χ0n) is 13.6. The van der Waals surface area contributed by atoms with Crippen LogP contribution in [0.4, 0.5) is 0 Å². The van der Waals surface area contributed by atoms with E-state index in [0.29, 0.717) is 39.4 Å². The van der Waals surface area contributed by atoms with Crippen molar-refractivity contribution in [3.63, 3.8) is 0 Å². The third kappa shape index (κ3) is 2.93. The number of nitrogens with zero attached hydrogens (tertiary/aromatic N) is 3. The highest BCUT2D eigenvalue weighted by Gasteiger charge is 2.45. The fourth-order valence-electron chi connectivity index (χ4n) is 3.26. The molecule has 4 rings (SSSR count). The highest BCUT2D eigenvalue weighted by molar-refractivity contribution is 7.71. The molecule has 26 heavy (non-hydrogen) atoms. The van der Waals surface area contributed by atoms with Crippen LogP contribution < -0.4 is 0 Å². The Labute approximate surface area is 164 Å². The number of rotatable bonds is 4. The van der Waals surface area contributed by atoms with Crippen LogP contribution in [0.1, 0.15) is 12.5 Å². The molecule has 2 saturated heterocycles. The monoisotopic (exact) mass is 411 g/mol. The molecular formula is C17H15Cl2N3O3S. The molecule has 3 unspecified atom stereocenters. The van der Waals surface area contributed by atoms with Crippen LogP contribution in [0.15, 0.2) is 30.9 Å². The van der Waals surface area contributed by atoms with E-state index in [1.807, 2.05) is 4.57 Å². The van der Waals surface area contributed by atoms with Gasteiger partial charge in [-0.1, -0.05) is 29.3 Å². The summed E-state index contributed by atoms with van der Waals surface area (Å²) in [5, 5.41) is 5.68. The van der Waals surface area contributed by atoms with Crippen LogP contribution in [-0.4, -0.2) is 39.1 Å². The Morgan fingerprint density at radius 3 is 2.96 bits per heavy atom. The van der Waals surface area contributed by atoms with Crippen LogP contribution in [0.25, 0.3) is 11.4 Å². The minimum atomic E-state index is -0.758. The number of hydrogen-bond acceptors (Lipinski definition) is 5. The van der Waals surface area contributed by atoms with Crippen LogP contribution in [0.3, 0.4) is 0 Å². The number of hydrogen-bond donors (Lipinski definition) is 0. The van der Waals surface area contributed by atoms with Gasteiger partial charge in [0.2, 0.25) is 6.29 Å². The van der Waals surface area contributed by atoms with E-state index in [1.54, 1.807) is 29.0 Å². The third-order valence-electron chi connectivity index (χ3n) is 4.50. The molecule has 3 atom stereocenters. The summed E-state index contributed by atoms with van der Waals surface area (Å²) in [6.07, 6.45) is 0.977. The third-order valence-corrected chi connectivity index (χ3v) is 5.45.